The zero-order valence-corrected chi connectivity index (χ0v) is 12.0. The first kappa shape index (κ1) is 13.7. The zero-order valence-electron chi connectivity index (χ0n) is 12.0. The third kappa shape index (κ3) is 3.07. The second kappa shape index (κ2) is 5.99. The van der Waals surface area contributed by atoms with Crippen molar-refractivity contribution in [2.45, 2.75) is 39.0 Å². The van der Waals surface area contributed by atoms with Gasteiger partial charge in [-0.05, 0) is 38.2 Å². The van der Waals surface area contributed by atoms with Crippen molar-refractivity contribution in [2.75, 3.05) is 6.54 Å². The van der Waals surface area contributed by atoms with Crippen molar-refractivity contribution in [1.82, 2.24) is 30.7 Å². The molecule has 2 aromatic heterocycles. The number of fused-ring (bicyclic) bond motifs is 1. The first-order valence-electron chi connectivity index (χ1n) is 7.23. The van der Waals surface area contributed by atoms with Crippen LogP contribution in [0.2, 0.25) is 0 Å². The quantitative estimate of drug-likeness (QED) is 0.864. The summed E-state index contributed by atoms with van der Waals surface area (Å²) in [5.41, 5.74) is 3.87. The van der Waals surface area contributed by atoms with Gasteiger partial charge in [-0.1, -0.05) is 0 Å². The van der Waals surface area contributed by atoms with Gasteiger partial charge in [0.1, 0.15) is 5.82 Å². The molecule has 2 heterocycles. The molecule has 0 unspecified atom stereocenters. The highest BCUT2D eigenvalue weighted by Crippen LogP contribution is 2.21. The Balaban J connectivity index is 1.61. The van der Waals surface area contributed by atoms with Gasteiger partial charge in [-0.2, -0.15) is 15.4 Å². The van der Waals surface area contributed by atoms with Crippen LogP contribution in [0, 0.1) is 6.92 Å². The van der Waals surface area contributed by atoms with Gasteiger partial charge in [0, 0.05) is 24.4 Å². The van der Waals surface area contributed by atoms with Gasteiger partial charge in [-0.3, -0.25) is 4.79 Å². The number of nitrogens with zero attached hydrogens (tertiary/aromatic N) is 4. The van der Waals surface area contributed by atoms with E-state index < -0.39 is 0 Å². The highest BCUT2D eigenvalue weighted by Gasteiger charge is 2.15. The molecule has 7 heteroatoms. The first-order valence-corrected chi connectivity index (χ1v) is 7.23. The van der Waals surface area contributed by atoms with Crippen molar-refractivity contribution >= 4 is 5.91 Å². The normalized spacial score (nSPS) is 13.8. The predicted molar refractivity (Wildman–Crippen MR) is 75.8 cm³/mol. The van der Waals surface area contributed by atoms with Gasteiger partial charge < -0.3 is 5.32 Å². The van der Waals surface area contributed by atoms with Crippen molar-refractivity contribution < 1.29 is 4.79 Å². The molecule has 0 spiro atoms. The Morgan fingerprint density at radius 1 is 1.33 bits per heavy atom. The molecule has 2 N–H and O–H groups in total. The maximum absolute atomic E-state index is 11.7. The van der Waals surface area contributed by atoms with Gasteiger partial charge in [0.15, 0.2) is 5.69 Å². The van der Waals surface area contributed by atoms with E-state index in [9.17, 15) is 4.79 Å². The average Bonchev–Trinajstić information content (AvgIpc) is 3.01. The van der Waals surface area contributed by atoms with E-state index in [0.29, 0.717) is 13.0 Å². The molecule has 0 saturated heterocycles. The van der Waals surface area contributed by atoms with E-state index in [4.69, 9.17) is 0 Å². The summed E-state index contributed by atoms with van der Waals surface area (Å²) < 4.78 is 0. The van der Waals surface area contributed by atoms with Gasteiger partial charge in [-0.25, -0.2) is 9.97 Å². The van der Waals surface area contributed by atoms with Crippen LogP contribution in [0.15, 0.2) is 6.20 Å². The Hall–Kier alpha value is -2.31. The lowest BCUT2D eigenvalue weighted by molar-refractivity contribution is 0.0949. The van der Waals surface area contributed by atoms with E-state index in [1.807, 2.05) is 6.92 Å². The number of hydrogen-bond donors (Lipinski definition) is 2. The van der Waals surface area contributed by atoms with Crippen LogP contribution < -0.4 is 5.32 Å². The van der Waals surface area contributed by atoms with Gasteiger partial charge in [-0.15, -0.1) is 0 Å². The molecule has 0 bridgehead atoms. The first-order chi connectivity index (χ1) is 10.2. The number of aromatic nitrogens is 5. The summed E-state index contributed by atoms with van der Waals surface area (Å²) >= 11 is 0. The Kier molecular flexibility index (Phi) is 3.89. The Labute approximate surface area is 122 Å². The Bertz CT molecular complexity index is 637. The summed E-state index contributed by atoms with van der Waals surface area (Å²) in [7, 11) is 0. The number of aryl methyl sites for hydroxylation is 2. The number of rotatable bonds is 4. The molecule has 0 fully saturated rings. The summed E-state index contributed by atoms with van der Waals surface area (Å²) in [6, 6.07) is 0. The van der Waals surface area contributed by atoms with E-state index in [-0.39, 0.29) is 11.6 Å². The fourth-order valence-corrected chi connectivity index (χ4v) is 2.65. The molecule has 3 rings (SSSR count). The topological polar surface area (TPSA) is 96.5 Å². The van der Waals surface area contributed by atoms with Crippen LogP contribution in [0.3, 0.4) is 0 Å². The maximum atomic E-state index is 11.7. The summed E-state index contributed by atoms with van der Waals surface area (Å²) in [5, 5.41) is 12.5. The number of hydrogen-bond acceptors (Lipinski definition) is 5. The molecule has 0 atom stereocenters. The minimum absolute atomic E-state index is 0.238. The smallest absolute Gasteiger partial charge is 0.273 e. The largest absolute Gasteiger partial charge is 0.350 e. The van der Waals surface area contributed by atoms with Crippen LogP contribution >= 0.6 is 0 Å². The van der Waals surface area contributed by atoms with E-state index >= 15 is 0 Å². The van der Waals surface area contributed by atoms with Gasteiger partial charge >= 0.3 is 0 Å². The fraction of sp³-hybridized carbons (Fsp3) is 0.500. The highest BCUT2D eigenvalue weighted by molar-refractivity contribution is 5.91. The van der Waals surface area contributed by atoms with Crippen LogP contribution in [-0.4, -0.2) is 37.8 Å². The minimum atomic E-state index is -0.238. The number of H-pyrrole nitrogens is 1. The summed E-state index contributed by atoms with van der Waals surface area (Å²) in [6.45, 7) is 2.53. The van der Waals surface area contributed by atoms with Crippen LogP contribution in [0.1, 0.15) is 46.1 Å². The molecule has 1 aliphatic carbocycles. The average molecular weight is 286 g/mol. The molecule has 0 saturated carbocycles. The lowest BCUT2D eigenvalue weighted by Crippen LogP contribution is -2.27. The summed E-state index contributed by atoms with van der Waals surface area (Å²) in [4.78, 5) is 20.9. The van der Waals surface area contributed by atoms with E-state index in [2.05, 4.69) is 30.7 Å². The SMILES string of the molecule is Cc1nc(CCNC(=O)c2cn[nH]n2)nc2c1CCCC2. The van der Waals surface area contributed by atoms with Gasteiger partial charge in [0.25, 0.3) is 5.91 Å². The second-order valence-corrected chi connectivity index (χ2v) is 5.22. The molecule has 7 nitrogen and oxygen atoms in total. The van der Waals surface area contributed by atoms with Crippen LogP contribution in [0.4, 0.5) is 0 Å². The van der Waals surface area contributed by atoms with Crippen LogP contribution in [0.5, 0.6) is 0 Å². The number of carbonyl (C=O) groups is 1. The van der Waals surface area contributed by atoms with Crippen molar-refractivity contribution in [3.8, 4) is 0 Å². The Morgan fingerprint density at radius 3 is 3.00 bits per heavy atom. The van der Waals surface area contributed by atoms with Crippen molar-refractivity contribution in [3.05, 3.63) is 34.7 Å². The third-order valence-electron chi connectivity index (χ3n) is 3.72. The van der Waals surface area contributed by atoms with Gasteiger partial charge in [0.05, 0.1) is 6.20 Å². The molecule has 0 aliphatic heterocycles. The second-order valence-electron chi connectivity index (χ2n) is 5.22. The third-order valence-corrected chi connectivity index (χ3v) is 3.72. The molecule has 21 heavy (non-hydrogen) atoms. The molecule has 1 amide bonds. The van der Waals surface area contributed by atoms with Gasteiger partial charge in [0.2, 0.25) is 0 Å². The number of amides is 1. The summed E-state index contributed by atoms with van der Waals surface area (Å²) in [6.07, 6.45) is 6.57. The standard InChI is InChI=1S/C14H18N6O/c1-9-10-4-2-3-5-11(10)18-13(17-9)6-7-15-14(21)12-8-16-20-19-12/h8H,2-7H2,1H3,(H,15,21)(H,16,19,20). The molecular weight excluding hydrogens is 268 g/mol. The zero-order chi connectivity index (χ0) is 14.7. The maximum Gasteiger partial charge on any atom is 0.273 e. The van der Waals surface area contributed by atoms with Crippen molar-refractivity contribution in [2.24, 2.45) is 0 Å². The van der Waals surface area contributed by atoms with Crippen molar-refractivity contribution in [1.29, 1.82) is 0 Å². The molecule has 0 aromatic carbocycles. The minimum Gasteiger partial charge on any atom is -0.350 e. The predicted octanol–water partition coefficient (Wildman–Crippen LogP) is 0.754. The monoisotopic (exact) mass is 286 g/mol. The van der Waals surface area contributed by atoms with E-state index in [0.717, 1.165) is 24.4 Å². The molecule has 1 aliphatic rings. The van der Waals surface area contributed by atoms with Crippen LogP contribution in [-0.2, 0) is 19.3 Å². The highest BCUT2D eigenvalue weighted by atomic mass is 16.1. The molecular formula is C14H18N6O. The van der Waals surface area contributed by atoms with E-state index in [1.165, 1.54) is 30.3 Å². The van der Waals surface area contributed by atoms with E-state index in [1.54, 1.807) is 0 Å². The van der Waals surface area contributed by atoms with Crippen LogP contribution in [0.25, 0.3) is 0 Å². The lowest BCUT2D eigenvalue weighted by atomic mass is 9.95. The number of carbonyl (C=O) groups excluding carboxylic acids is 1. The number of nitrogens with one attached hydrogen (secondary N) is 2. The molecule has 2 aromatic rings. The fourth-order valence-electron chi connectivity index (χ4n) is 2.65. The Morgan fingerprint density at radius 2 is 2.19 bits per heavy atom. The molecule has 110 valence electrons. The molecule has 0 radical (unpaired) electrons. The van der Waals surface area contributed by atoms with Crippen molar-refractivity contribution in [3.63, 3.8) is 0 Å². The lowest BCUT2D eigenvalue weighted by Gasteiger charge is -2.17. The summed E-state index contributed by atoms with van der Waals surface area (Å²) in [5.74, 6) is 0.562. The number of aromatic amines is 1.